The van der Waals surface area contributed by atoms with E-state index in [0.717, 1.165) is 36.1 Å². The highest BCUT2D eigenvalue weighted by molar-refractivity contribution is 7.91. The summed E-state index contributed by atoms with van der Waals surface area (Å²) in [5.41, 5.74) is 1.36. The van der Waals surface area contributed by atoms with Gasteiger partial charge in [0, 0.05) is 9.90 Å². The molecule has 5 rings (SSSR count). The first-order valence-electron chi connectivity index (χ1n) is 11.2. The summed E-state index contributed by atoms with van der Waals surface area (Å²) in [5.74, 6) is -0.531. The van der Waals surface area contributed by atoms with Crippen LogP contribution in [0, 0.1) is 0 Å². The lowest BCUT2D eigenvalue weighted by atomic mass is 9.95. The average molecular weight is 545 g/mol. The van der Waals surface area contributed by atoms with E-state index in [9.17, 15) is 18.0 Å². The van der Waals surface area contributed by atoms with Crippen LogP contribution in [0.25, 0.3) is 0 Å². The van der Waals surface area contributed by atoms with Crippen LogP contribution in [0.4, 0.5) is 5.00 Å². The molecule has 2 amide bonds. The van der Waals surface area contributed by atoms with E-state index in [-0.39, 0.29) is 28.2 Å². The SMILES string of the molecule is O=C(Nc1sc2c(c1C(=O)NCc1ccco1)CCCC2)c1ccc(S(=O)(=O)c2ccc(Cl)cc2)o1. The zero-order valence-corrected chi connectivity index (χ0v) is 21.3. The number of amides is 2. The van der Waals surface area contributed by atoms with Gasteiger partial charge in [0.2, 0.25) is 14.9 Å². The second-order valence-corrected chi connectivity index (χ2v) is 11.6. The molecular weight excluding hydrogens is 524 g/mol. The molecule has 4 aromatic rings. The Morgan fingerprint density at radius 1 is 1.00 bits per heavy atom. The minimum absolute atomic E-state index is 0.00495. The molecule has 1 aliphatic carbocycles. The van der Waals surface area contributed by atoms with Gasteiger partial charge < -0.3 is 19.5 Å². The number of carbonyl (C=O) groups excluding carboxylic acids is 2. The molecule has 0 aliphatic heterocycles. The summed E-state index contributed by atoms with van der Waals surface area (Å²) < 4.78 is 36.4. The molecule has 1 aliphatic rings. The number of aryl methyl sites for hydroxylation is 1. The number of anilines is 1. The molecule has 0 bridgehead atoms. The van der Waals surface area contributed by atoms with Crippen LogP contribution in [-0.4, -0.2) is 20.2 Å². The number of sulfone groups is 1. The van der Waals surface area contributed by atoms with Crippen molar-refractivity contribution in [3.8, 4) is 0 Å². The van der Waals surface area contributed by atoms with Gasteiger partial charge in [-0.15, -0.1) is 11.3 Å². The average Bonchev–Trinajstić information content (AvgIpc) is 3.63. The molecule has 0 fully saturated rings. The summed E-state index contributed by atoms with van der Waals surface area (Å²) in [6.07, 6.45) is 5.08. The number of carbonyl (C=O) groups is 2. The van der Waals surface area contributed by atoms with Gasteiger partial charge in [-0.1, -0.05) is 11.6 Å². The lowest BCUT2D eigenvalue weighted by Gasteiger charge is -2.13. The molecule has 3 aromatic heterocycles. The maximum absolute atomic E-state index is 13.1. The number of rotatable bonds is 7. The number of thiophene rings is 1. The van der Waals surface area contributed by atoms with Crippen molar-refractivity contribution in [3.63, 3.8) is 0 Å². The maximum Gasteiger partial charge on any atom is 0.292 e. The van der Waals surface area contributed by atoms with E-state index in [2.05, 4.69) is 10.6 Å². The number of halogens is 1. The van der Waals surface area contributed by atoms with Gasteiger partial charge >= 0.3 is 0 Å². The van der Waals surface area contributed by atoms with Crippen LogP contribution in [0.2, 0.25) is 5.02 Å². The highest BCUT2D eigenvalue weighted by atomic mass is 35.5. The zero-order chi connectivity index (χ0) is 25.3. The van der Waals surface area contributed by atoms with E-state index in [1.54, 1.807) is 12.1 Å². The zero-order valence-electron chi connectivity index (χ0n) is 18.9. The largest absolute Gasteiger partial charge is 0.467 e. The van der Waals surface area contributed by atoms with E-state index in [1.807, 2.05) is 0 Å². The molecule has 11 heteroatoms. The topological polar surface area (TPSA) is 119 Å². The number of fused-ring (bicyclic) bond motifs is 1. The van der Waals surface area contributed by atoms with Gasteiger partial charge in [-0.3, -0.25) is 9.59 Å². The summed E-state index contributed by atoms with van der Waals surface area (Å²) in [5, 5.41) is 6.05. The lowest BCUT2D eigenvalue weighted by Crippen LogP contribution is -2.25. The molecular formula is C25H21ClN2O6S2. The Morgan fingerprint density at radius 3 is 2.53 bits per heavy atom. The minimum Gasteiger partial charge on any atom is -0.467 e. The van der Waals surface area contributed by atoms with Gasteiger partial charge in [-0.05, 0) is 79.8 Å². The predicted molar refractivity (Wildman–Crippen MR) is 134 cm³/mol. The molecule has 0 saturated carbocycles. The summed E-state index contributed by atoms with van der Waals surface area (Å²) in [6.45, 7) is 0.216. The monoisotopic (exact) mass is 544 g/mol. The molecule has 3 heterocycles. The van der Waals surface area contributed by atoms with E-state index in [4.69, 9.17) is 20.4 Å². The van der Waals surface area contributed by atoms with Gasteiger partial charge in [0.15, 0.2) is 5.76 Å². The van der Waals surface area contributed by atoms with E-state index < -0.39 is 15.7 Å². The number of furan rings is 2. The normalized spacial score (nSPS) is 13.2. The third-order valence-corrected chi connectivity index (χ3v) is 8.92. The van der Waals surface area contributed by atoms with Gasteiger partial charge in [0.05, 0.1) is 23.3 Å². The van der Waals surface area contributed by atoms with E-state index in [0.29, 0.717) is 21.3 Å². The highest BCUT2D eigenvalue weighted by Gasteiger charge is 2.28. The Hall–Kier alpha value is -3.34. The van der Waals surface area contributed by atoms with Crippen molar-refractivity contribution in [2.45, 2.75) is 42.2 Å². The fourth-order valence-electron chi connectivity index (χ4n) is 4.04. The molecule has 0 unspecified atom stereocenters. The summed E-state index contributed by atoms with van der Waals surface area (Å²) in [4.78, 5) is 27.2. The number of nitrogens with one attached hydrogen (secondary N) is 2. The third kappa shape index (κ3) is 4.84. The first-order valence-corrected chi connectivity index (χ1v) is 13.9. The number of benzene rings is 1. The first-order chi connectivity index (χ1) is 17.3. The van der Waals surface area contributed by atoms with Crippen molar-refractivity contribution in [2.24, 2.45) is 0 Å². The molecule has 186 valence electrons. The van der Waals surface area contributed by atoms with Crippen LogP contribution in [0.15, 0.2) is 73.6 Å². The summed E-state index contributed by atoms with van der Waals surface area (Å²) >= 11 is 7.20. The molecule has 1 aromatic carbocycles. The van der Waals surface area contributed by atoms with Gasteiger partial charge in [-0.2, -0.15) is 0 Å². The smallest absolute Gasteiger partial charge is 0.292 e. The van der Waals surface area contributed by atoms with Crippen LogP contribution in [-0.2, 0) is 29.2 Å². The standard InChI is InChI=1S/C25H21ClN2O6S2/c26-15-7-9-17(10-8-15)36(31,32)21-12-11-19(34-21)23(29)28-25-22(18-5-1-2-6-20(18)35-25)24(30)27-14-16-4-3-13-33-16/h3-4,7-13H,1-2,5-6,14H2,(H,27,30)(H,28,29). The highest BCUT2D eigenvalue weighted by Crippen LogP contribution is 2.38. The van der Waals surface area contributed by atoms with Gasteiger partial charge in [0.1, 0.15) is 10.8 Å². The van der Waals surface area contributed by atoms with Crippen molar-refractivity contribution in [1.82, 2.24) is 5.32 Å². The molecule has 0 spiro atoms. The Balaban J connectivity index is 1.38. The molecule has 36 heavy (non-hydrogen) atoms. The first kappa shape index (κ1) is 24.4. The van der Waals surface area contributed by atoms with Crippen molar-refractivity contribution >= 4 is 49.6 Å². The Kier molecular flexibility index (Phi) is 6.74. The molecule has 0 saturated heterocycles. The molecule has 8 nitrogen and oxygen atoms in total. The van der Waals surface area contributed by atoms with Gasteiger partial charge in [0.25, 0.3) is 11.8 Å². The summed E-state index contributed by atoms with van der Waals surface area (Å²) in [7, 11) is -3.97. The van der Waals surface area contributed by atoms with Crippen molar-refractivity contribution in [3.05, 3.63) is 87.3 Å². The van der Waals surface area contributed by atoms with E-state index >= 15 is 0 Å². The minimum atomic E-state index is -3.97. The molecule has 0 radical (unpaired) electrons. The number of hydrogen-bond donors (Lipinski definition) is 2. The van der Waals surface area contributed by atoms with Crippen LogP contribution < -0.4 is 10.6 Å². The second-order valence-electron chi connectivity index (χ2n) is 8.21. The Morgan fingerprint density at radius 2 is 1.78 bits per heavy atom. The lowest BCUT2D eigenvalue weighted by molar-refractivity contribution is 0.0948. The third-order valence-electron chi connectivity index (χ3n) is 5.82. The molecule has 2 N–H and O–H groups in total. The summed E-state index contributed by atoms with van der Waals surface area (Å²) in [6, 6.07) is 11.7. The predicted octanol–water partition coefficient (Wildman–Crippen LogP) is 5.48. The molecule has 0 atom stereocenters. The Bertz CT molecular complexity index is 1520. The quantitative estimate of drug-likeness (QED) is 0.318. The van der Waals surface area contributed by atoms with E-state index in [1.165, 1.54) is 54.0 Å². The fourth-order valence-corrected chi connectivity index (χ4v) is 6.63. The fraction of sp³-hybridized carbons (Fsp3) is 0.200. The second kappa shape index (κ2) is 9.96. The van der Waals surface area contributed by atoms with Crippen LogP contribution in [0.1, 0.15) is 50.0 Å². The van der Waals surface area contributed by atoms with Crippen molar-refractivity contribution in [2.75, 3.05) is 5.32 Å². The van der Waals surface area contributed by atoms with Crippen LogP contribution in [0.3, 0.4) is 0 Å². The van der Waals surface area contributed by atoms with Gasteiger partial charge in [-0.25, -0.2) is 8.42 Å². The Labute approximate surface area is 216 Å². The van der Waals surface area contributed by atoms with Crippen LogP contribution in [0.5, 0.6) is 0 Å². The van der Waals surface area contributed by atoms with Crippen molar-refractivity contribution < 1.29 is 26.8 Å². The number of hydrogen-bond acceptors (Lipinski definition) is 7. The van der Waals surface area contributed by atoms with Crippen molar-refractivity contribution in [1.29, 1.82) is 0 Å². The maximum atomic E-state index is 13.1. The van der Waals surface area contributed by atoms with Crippen LogP contribution >= 0.6 is 22.9 Å².